The van der Waals surface area contributed by atoms with E-state index in [4.69, 9.17) is 13.6 Å². The molecular formula is C8H10N2S. The fraction of sp³-hybridized carbons (Fsp3) is 0.125. The van der Waals surface area contributed by atoms with Gasteiger partial charge in [-0.25, -0.2) is 0 Å². The average Bonchev–Trinajstić information content (AvgIpc) is 2.04. The third-order valence-electron chi connectivity index (χ3n) is 1.28. The van der Waals surface area contributed by atoms with Gasteiger partial charge >= 0.3 is 0 Å². The first-order valence-electron chi connectivity index (χ1n) is 3.78. The molecule has 58 valence electrons. The summed E-state index contributed by atoms with van der Waals surface area (Å²) in [5.74, 6) is 0. The molecule has 3 heteroatoms. The van der Waals surface area contributed by atoms with Crippen LogP contribution in [0.3, 0.4) is 0 Å². The molecule has 0 bridgehead atoms. The molecule has 3 N–H and O–H groups in total. The molecule has 0 atom stereocenters. The molecule has 0 saturated heterocycles. The molecule has 11 heavy (non-hydrogen) atoms. The van der Waals surface area contributed by atoms with Crippen molar-refractivity contribution in [3.63, 3.8) is 0 Å². The van der Waals surface area contributed by atoms with Crippen molar-refractivity contribution in [2.45, 2.75) is 6.92 Å². The molecule has 0 heterocycles. The lowest BCUT2D eigenvalue weighted by molar-refractivity contribution is 1.46. The molecule has 0 saturated carbocycles. The van der Waals surface area contributed by atoms with Crippen LogP contribution in [0.15, 0.2) is 24.3 Å². The Labute approximate surface area is 72.9 Å². The summed E-state index contributed by atoms with van der Waals surface area (Å²) in [6.07, 6.45) is 0. The Hall–Kier alpha value is -1.09. The minimum absolute atomic E-state index is 0.306. The highest BCUT2D eigenvalue weighted by Crippen LogP contribution is 2.08. The van der Waals surface area contributed by atoms with Crippen LogP contribution in [0.5, 0.6) is 0 Å². The van der Waals surface area contributed by atoms with Gasteiger partial charge in [0.15, 0.2) is 6.52 Å². The molecule has 1 aromatic carbocycles. The molecule has 1 rings (SSSR count). The van der Waals surface area contributed by atoms with E-state index >= 15 is 0 Å². The number of nitrogens with one attached hydrogen (secondary N) is 1. The van der Waals surface area contributed by atoms with Gasteiger partial charge in [0.25, 0.3) is 0 Å². The van der Waals surface area contributed by atoms with Gasteiger partial charge < -0.3 is 11.0 Å². The van der Waals surface area contributed by atoms with Gasteiger partial charge in [-0.15, -0.1) is 0 Å². The van der Waals surface area contributed by atoms with E-state index in [0.717, 1.165) is 11.3 Å². The summed E-state index contributed by atoms with van der Waals surface area (Å²) in [5.41, 5.74) is 4.17. The number of anilines is 1. The van der Waals surface area contributed by atoms with Gasteiger partial charge in [-0.2, -0.15) is 0 Å². The number of nitrogens with two attached hydrogens (primary N) is 1. The van der Waals surface area contributed by atoms with Crippen LogP contribution in [0.4, 0.5) is 5.69 Å². The van der Waals surface area contributed by atoms with E-state index in [2.05, 4.69) is 11.0 Å². The Morgan fingerprint density at radius 3 is 3.18 bits per heavy atom. The van der Waals surface area contributed by atoms with Crippen molar-refractivity contribution in [1.82, 2.24) is 0 Å². The Balaban J connectivity index is 2.69. The number of hydrogen-bond donors (Lipinski definition) is 2. The van der Waals surface area contributed by atoms with Crippen molar-refractivity contribution in [3.8, 4) is 0 Å². The fourth-order valence-corrected chi connectivity index (χ4v) is 0.972. The summed E-state index contributed by atoms with van der Waals surface area (Å²) in [6.45, 7) is 2.00. The normalized spacial score (nSPS) is 10.1. The highest BCUT2D eigenvalue weighted by atomic mass is 32.1. The van der Waals surface area contributed by atoms with Gasteiger partial charge in [-0.3, -0.25) is 0 Å². The summed E-state index contributed by atoms with van der Waals surface area (Å²) in [6, 6.07) is 7.80. The zero-order chi connectivity index (χ0) is 8.97. The fourth-order valence-electron chi connectivity index (χ4n) is 0.854. The SMILES string of the molecule is [3H]NC(=S)Nc1cccc(C)c1. The first-order chi connectivity index (χ1) is 5.72. The largest absolute Gasteiger partial charge is 0.376 e. The molecular weight excluding hydrogens is 156 g/mol. The monoisotopic (exact) mass is 168 g/mol. The predicted molar refractivity (Wildman–Crippen MR) is 51.6 cm³/mol. The zero-order valence-corrected chi connectivity index (χ0v) is 7.03. The van der Waals surface area contributed by atoms with E-state index in [1.807, 2.05) is 31.2 Å². The van der Waals surface area contributed by atoms with Gasteiger partial charge in [0, 0.05) is 5.69 Å². The lowest BCUT2D eigenvalue weighted by Crippen LogP contribution is -2.18. The lowest BCUT2D eigenvalue weighted by Gasteiger charge is -2.03. The first kappa shape index (κ1) is 6.61. The predicted octanol–water partition coefficient (Wildman–Crippen LogP) is 1.65. The minimum atomic E-state index is 0.306. The highest BCUT2D eigenvalue weighted by molar-refractivity contribution is 7.80. The molecule has 0 aromatic heterocycles. The Morgan fingerprint density at radius 2 is 2.55 bits per heavy atom. The van der Waals surface area contributed by atoms with Crippen LogP contribution in [-0.2, 0) is 0 Å². The molecule has 0 unspecified atom stereocenters. The van der Waals surface area contributed by atoms with E-state index in [-0.39, 0.29) is 0 Å². The van der Waals surface area contributed by atoms with Crippen LogP contribution in [0.25, 0.3) is 0 Å². The maximum absolute atomic E-state index is 6.76. The third-order valence-corrected chi connectivity index (χ3v) is 1.38. The second kappa shape index (κ2) is 3.34. The molecule has 0 aliphatic rings. The topological polar surface area (TPSA) is 38.0 Å². The Bertz CT molecular complexity index is 288. The van der Waals surface area contributed by atoms with E-state index < -0.39 is 0 Å². The summed E-state index contributed by atoms with van der Waals surface area (Å²) >= 11 is 4.77. The highest BCUT2D eigenvalue weighted by Gasteiger charge is 1.91. The van der Waals surface area contributed by atoms with Crippen LogP contribution in [0.2, 0.25) is 1.41 Å². The smallest absolute Gasteiger partial charge is 0.168 e. The summed E-state index contributed by atoms with van der Waals surface area (Å²) in [4.78, 5) is 0. The van der Waals surface area contributed by atoms with Crippen LogP contribution in [-0.4, -0.2) is 5.11 Å². The maximum Gasteiger partial charge on any atom is 0.168 e. The van der Waals surface area contributed by atoms with Crippen LogP contribution in [0, 0.1) is 6.92 Å². The Kier molecular flexibility index (Phi) is 2.01. The van der Waals surface area contributed by atoms with Crippen LogP contribution < -0.4 is 11.0 Å². The zero-order valence-electron chi connectivity index (χ0n) is 7.22. The number of rotatable bonds is 1. The van der Waals surface area contributed by atoms with Crippen molar-refractivity contribution in [1.29, 1.82) is 0 Å². The van der Waals surface area contributed by atoms with Crippen LogP contribution >= 0.6 is 12.2 Å². The molecule has 0 aliphatic heterocycles. The van der Waals surface area contributed by atoms with Crippen molar-refractivity contribution in [2.75, 3.05) is 5.32 Å². The van der Waals surface area contributed by atoms with Gasteiger partial charge in [-0.05, 0) is 36.8 Å². The lowest BCUT2D eigenvalue weighted by atomic mass is 10.2. The molecule has 0 spiro atoms. The summed E-state index contributed by atoms with van der Waals surface area (Å²) in [7, 11) is 0. The standard InChI is InChI=1S/C8H10N2S/c1-6-3-2-4-7(5-6)10-8(9)11/h2-5H,1H3,(H3,9,10,11)/i/hT. The van der Waals surface area contributed by atoms with Gasteiger partial charge in [0.1, 0.15) is 0 Å². The first-order valence-corrected chi connectivity index (χ1v) is 3.68. The van der Waals surface area contributed by atoms with E-state index in [1.165, 1.54) is 0 Å². The summed E-state index contributed by atoms with van der Waals surface area (Å²) < 4.78 is 6.76. The number of aryl methyl sites for hydroxylation is 1. The minimum Gasteiger partial charge on any atom is -0.376 e. The number of benzene rings is 1. The average molecular weight is 168 g/mol. The quantitative estimate of drug-likeness (QED) is 0.626. The molecule has 1 aromatic rings. The summed E-state index contributed by atoms with van der Waals surface area (Å²) in [5, 5.41) is 3.17. The maximum atomic E-state index is 6.76. The Morgan fingerprint density at radius 1 is 1.73 bits per heavy atom. The molecule has 0 aliphatic carbocycles. The van der Waals surface area contributed by atoms with Gasteiger partial charge in [-0.1, -0.05) is 12.1 Å². The van der Waals surface area contributed by atoms with Crippen molar-refractivity contribution >= 4 is 23.0 Å². The van der Waals surface area contributed by atoms with E-state index in [1.54, 1.807) is 0 Å². The van der Waals surface area contributed by atoms with Crippen molar-refractivity contribution in [2.24, 2.45) is 5.73 Å². The second-order valence-corrected chi connectivity index (χ2v) is 2.73. The van der Waals surface area contributed by atoms with E-state index in [9.17, 15) is 0 Å². The molecule has 0 radical (unpaired) electrons. The molecule has 0 amide bonds. The van der Waals surface area contributed by atoms with Gasteiger partial charge in [0.05, 0.1) is 0 Å². The van der Waals surface area contributed by atoms with E-state index in [0.29, 0.717) is 5.11 Å². The third kappa shape index (κ3) is 2.55. The number of thiocarbonyl (C=S) groups is 1. The van der Waals surface area contributed by atoms with Crippen molar-refractivity contribution in [3.05, 3.63) is 29.8 Å². The van der Waals surface area contributed by atoms with Crippen LogP contribution in [0.1, 0.15) is 5.56 Å². The van der Waals surface area contributed by atoms with Gasteiger partial charge in [0.2, 0.25) is 0 Å². The number of hydrogen-bond acceptors (Lipinski definition) is 1. The molecule has 2 nitrogen and oxygen atoms in total. The second-order valence-electron chi connectivity index (χ2n) is 2.32. The molecule has 0 fully saturated rings. The van der Waals surface area contributed by atoms with Crippen molar-refractivity contribution < 1.29 is 1.41 Å².